The van der Waals surface area contributed by atoms with Crippen LogP contribution in [0.5, 0.6) is 0 Å². The normalized spacial score (nSPS) is 15.9. The standard InChI is InChI=1S/C17H16N4O3S2/c22-16(20-17-19-15(11-25-17)14-3-1-8-18-14)12-4-6-13(7-5-12)21-9-2-10-26(21,23)24/h1,3-8,11,18H,2,9-10H2,(H,19,20,22). The van der Waals surface area contributed by atoms with Crippen LogP contribution in [0.15, 0.2) is 48.0 Å². The lowest BCUT2D eigenvalue weighted by Gasteiger charge is -2.16. The van der Waals surface area contributed by atoms with Crippen molar-refractivity contribution in [3.8, 4) is 11.4 Å². The molecule has 9 heteroatoms. The lowest BCUT2D eigenvalue weighted by molar-refractivity contribution is 0.102. The molecule has 1 fully saturated rings. The second-order valence-electron chi connectivity index (χ2n) is 5.86. The largest absolute Gasteiger partial charge is 0.360 e. The van der Waals surface area contributed by atoms with Gasteiger partial charge in [-0.2, -0.15) is 0 Å². The minimum absolute atomic E-state index is 0.169. The summed E-state index contributed by atoms with van der Waals surface area (Å²) in [5.41, 5.74) is 2.69. The molecule has 1 aliphatic rings. The molecule has 3 aromatic rings. The molecule has 0 bridgehead atoms. The van der Waals surface area contributed by atoms with Gasteiger partial charge >= 0.3 is 0 Å². The number of carbonyl (C=O) groups is 1. The van der Waals surface area contributed by atoms with Crippen LogP contribution in [0.1, 0.15) is 16.8 Å². The molecule has 2 aromatic heterocycles. The summed E-state index contributed by atoms with van der Waals surface area (Å²) in [4.78, 5) is 19.8. The van der Waals surface area contributed by atoms with Crippen molar-refractivity contribution in [3.63, 3.8) is 0 Å². The third-order valence-corrected chi connectivity index (χ3v) is 6.74. The highest BCUT2D eigenvalue weighted by atomic mass is 32.2. The van der Waals surface area contributed by atoms with Gasteiger partial charge in [0.15, 0.2) is 5.13 Å². The maximum absolute atomic E-state index is 12.4. The van der Waals surface area contributed by atoms with Gasteiger partial charge in [-0.3, -0.25) is 14.4 Å². The van der Waals surface area contributed by atoms with Gasteiger partial charge in [0.05, 0.1) is 22.8 Å². The summed E-state index contributed by atoms with van der Waals surface area (Å²) in [6.07, 6.45) is 2.44. The predicted octanol–water partition coefficient (Wildman–Crippen LogP) is 2.93. The molecule has 0 atom stereocenters. The number of benzene rings is 1. The number of sulfonamides is 1. The zero-order valence-electron chi connectivity index (χ0n) is 13.7. The van der Waals surface area contributed by atoms with E-state index in [4.69, 9.17) is 0 Å². The van der Waals surface area contributed by atoms with Crippen molar-refractivity contribution in [1.82, 2.24) is 9.97 Å². The number of anilines is 2. The fourth-order valence-corrected chi connectivity index (χ4v) is 5.09. The van der Waals surface area contributed by atoms with Gasteiger partial charge in [-0.05, 0) is 42.8 Å². The maximum Gasteiger partial charge on any atom is 0.257 e. The van der Waals surface area contributed by atoms with Crippen molar-refractivity contribution < 1.29 is 13.2 Å². The maximum atomic E-state index is 12.4. The van der Waals surface area contributed by atoms with E-state index in [1.165, 1.54) is 15.6 Å². The third-order valence-electron chi connectivity index (χ3n) is 4.12. The number of H-pyrrole nitrogens is 1. The van der Waals surface area contributed by atoms with E-state index < -0.39 is 10.0 Å². The molecule has 0 saturated carbocycles. The lowest BCUT2D eigenvalue weighted by atomic mass is 10.2. The number of hydrogen-bond donors (Lipinski definition) is 2. The van der Waals surface area contributed by atoms with Crippen molar-refractivity contribution in [2.75, 3.05) is 21.9 Å². The Bertz CT molecular complexity index is 1020. The molecule has 1 aliphatic heterocycles. The summed E-state index contributed by atoms with van der Waals surface area (Å²) in [7, 11) is -3.22. The first-order valence-corrected chi connectivity index (χ1v) is 10.5. The van der Waals surface area contributed by atoms with Crippen LogP contribution in [0, 0.1) is 0 Å². The second kappa shape index (κ2) is 6.58. The molecule has 0 aliphatic carbocycles. The molecule has 7 nitrogen and oxygen atoms in total. The molecule has 0 unspecified atom stereocenters. The highest BCUT2D eigenvalue weighted by molar-refractivity contribution is 7.93. The van der Waals surface area contributed by atoms with E-state index in [-0.39, 0.29) is 11.7 Å². The Morgan fingerprint density at radius 3 is 2.69 bits per heavy atom. The Hall–Kier alpha value is -2.65. The van der Waals surface area contributed by atoms with E-state index >= 15 is 0 Å². The zero-order chi connectivity index (χ0) is 18.1. The van der Waals surface area contributed by atoms with Gasteiger partial charge in [0.2, 0.25) is 10.0 Å². The summed E-state index contributed by atoms with van der Waals surface area (Å²) < 4.78 is 25.3. The topological polar surface area (TPSA) is 95.2 Å². The first-order valence-electron chi connectivity index (χ1n) is 8.04. The minimum atomic E-state index is -3.22. The molecule has 1 saturated heterocycles. The number of nitrogens with one attached hydrogen (secondary N) is 2. The van der Waals surface area contributed by atoms with Gasteiger partial charge in [0, 0.05) is 23.7 Å². The molecule has 0 radical (unpaired) electrons. The number of aromatic nitrogens is 2. The van der Waals surface area contributed by atoms with Crippen LogP contribution in [0.2, 0.25) is 0 Å². The molecule has 0 spiro atoms. The summed E-state index contributed by atoms with van der Waals surface area (Å²) in [5, 5.41) is 5.14. The molecule has 4 rings (SSSR count). The summed E-state index contributed by atoms with van der Waals surface area (Å²) in [5.74, 6) is -0.115. The van der Waals surface area contributed by atoms with E-state index in [2.05, 4.69) is 15.3 Å². The van der Waals surface area contributed by atoms with Gasteiger partial charge in [0.25, 0.3) is 5.91 Å². The molecule has 1 amide bonds. The molecule has 134 valence electrons. The number of carbonyl (C=O) groups excluding carboxylic acids is 1. The summed E-state index contributed by atoms with van der Waals surface area (Å²) >= 11 is 1.34. The van der Waals surface area contributed by atoms with E-state index in [9.17, 15) is 13.2 Å². The molecule has 3 heterocycles. The van der Waals surface area contributed by atoms with Crippen LogP contribution >= 0.6 is 11.3 Å². The van der Waals surface area contributed by atoms with Gasteiger partial charge in [-0.15, -0.1) is 11.3 Å². The van der Waals surface area contributed by atoms with Gasteiger partial charge < -0.3 is 4.98 Å². The molecular formula is C17H16N4O3S2. The lowest BCUT2D eigenvalue weighted by Crippen LogP contribution is -2.25. The monoisotopic (exact) mass is 388 g/mol. The van der Waals surface area contributed by atoms with Crippen LogP contribution in [-0.2, 0) is 10.0 Å². The Kier molecular flexibility index (Phi) is 4.25. The van der Waals surface area contributed by atoms with Gasteiger partial charge in [-0.1, -0.05) is 0 Å². The van der Waals surface area contributed by atoms with E-state index in [1.807, 2.05) is 23.7 Å². The molecular weight excluding hydrogens is 372 g/mol. The average Bonchev–Trinajstić information content (AvgIpc) is 3.35. The number of aromatic amines is 1. The van der Waals surface area contributed by atoms with Crippen LogP contribution in [0.25, 0.3) is 11.4 Å². The van der Waals surface area contributed by atoms with Crippen molar-refractivity contribution in [2.24, 2.45) is 0 Å². The minimum Gasteiger partial charge on any atom is -0.360 e. The van der Waals surface area contributed by atoms with E-state index in [0.29, 0.717) is 29.3 Å². The first kappa shape index (κ1) is 16.8. The van der Waals surface area contributed by atoms with E-state index in [0.717, 1.165) is 11.4 Å². The number of thiazole rings is 1. The summed E-state index contributed by atoms with van der Waals surface area (Å²) in [6, 6.07) is 10.4. The Balaban J connectivity index is 1.47. The fraction of sp³-hybridized carbons (Fsp3) is 0.176. The van der Waals surface area contributed by atoms with Crippen LogP contribution in [-0.4, -0.2) is 36.6 Å². The van der Waals surface area contributed by atoms with Crippen LogP contribution in [0.4, 0.5) is 10.8 Å². The Labute approximate surface area is 154 Å². The molecule has 2 N–H and O–H groups in total. The third kappa shape index (κ3) is 3.23. The average molecular weight is 388 g/mol. The summed E-state index contributed by atoms with van der Waals surface area (Å²) in [6.45, 7) is 0.481. The quantitative estimate of drug-likeness (QED) is 0.718. The number of nitrogens with zero attached hydrogens (tertiary/aromatic N) is 2. The smallest absolute Gasteiger partial charge is 0.257 e. The van der Waals surface area contributed by atoms with Crippen LogP contribution < -0.4 is 9.62 Å². The second-order valence-corrected chi connectivity index (χ2v) is 8.74. The molecule has 26 heavy (non-hydrogen) atoms. The Morgan fingerprint density at radius 2 is 2.04 bits per heavy atom. The van der Waals surface area contributed by atoms with Gasteiger partial charge in [0.1, 0.15) is 0 Å². The van der Waals surface area contributed by atoms with Crippen LogP contribution in [0.3, 0.4) is 0 Å². The molecule has 1 aromatic carbocycles. The number of hydrogen-bond acceptors (Lipinski definition) is 5. The van der Waals surface area contributed by atoms with Crippen molar-refractivity contribution in [3.05, 3.63) is 53.5 Å². The fourth-order valence-electron chi connectivity index (χ4n) is 2.82. The van der Waals surface area contributed by atoms with Gasteiger partial charge in [-0.25, -0.2) is 13.4 Å². The SMILES string of the molecule is O=C(Nc1nc(-c2ccc[nH]2)cs1)c1ccc(N2CCCS2(=O)=O)cc1. The first-order chi connectivity index (χ1) is 12.5. The number of amides is 1. The van der Waals surface area contributed by atoms with Crippen molar-refractivity contribution in [1.29, 1.82) is 0 Å². The van der Waals surface area contributed by atoms with E-state index in [1.54, 1.807) is 24.3 Å². The Morgan fingerprint density at radius 1 is 1.23 bits per heavy atom. The van der Waals surface area contributed by atoms with Crippen molar-refractivity contribution >= 4 is 38.1 Å². The zero-order valence-corrected chi connectivity index (χ0v) is 15.3. The van der Waals surface area contributed by atoms with Crippen molar-refractivity contribution in [2.45, 2.75) is 6.42 Å². The highest BCUT2D eigenvalue weighted by Gasteiger charge is 2.28. The number of rotatable bonds is 4. The predicted molar refractivity (Wildman–Crippen MR) is 102 cm³/mol. The highest BCUT2D eigenvalue weighted by Crippen LogP contribution is 2.26.